The molecule has 0 saturated carbocycles. The molecule has 1 saturated heterocycles. The van der Waals surface area contributed by atoms with Crippen LogP contribution in [-0.4, -0.2) is 61.0 Å². The fourth-order valence-electron chi connectivity index (χ4n) is 3.96. The molecule has 1 fully saturated rings. The van der Waals surface area contributed by atoms with E-state index in [1.165, 1.54) is 25.9 Å². The van der Waals surface area contributed by atoms with Gasteiger partial charge in [-0.3, -0.25) is 9.78 Å². The predicted octanol–water partition coefficient (Wildman–Crippen LogP) is 2.80. The minimum atomic E-state index is 0.685. The van der Waals surface area contributed by atoms with E-state index in [4.69, 9.17) is 9.97 Å². The number of benzene rings is 1. The molecule has 144 valence electrons. The normalized spacial score (nSPS) is 15.0. The van der Waals surface area contributed by atoms with Gasteiger partial charge in [0.05, 0.1) is 23.3 Å². The molecule has 8 heteroatoms. The van der Waals surface area contributed by atoms with Gasteiger partial charge in [-0.1, -0.05) is 12.1 Å². The summed E-state index contributed by atoms with van der Waals surface area (Å²) in [6.45, 7) is 4.49. The van der Waals surface area contributed by atoms with E-state index in [9.17, 15) is 0 Å². The third kappa shape index (κ3) is 3.09. The van der Waals surface area contributed by atoms with Crippen molar-refractivity contribution in [3.8, 4) is 11.4 Å². The van der Waals surface area contributed by atoms with Crippen molar-refractivity contribution in [2.45, 2.75) is 19.3 Å². The van der Waals surface area contributed by atoms with Gasteiger partial charge in [0.15, 0.2) is 11.5 Å². The summed E-state index contributed by atoms with van der Waals surface area (Å²) in [6.07, 6.45) is 7.42. The number of likely N-dealkylation sites (tertiary alicyclic amines) is 1. The van der Waals surface area contributed by atoms with E-state index in [2.05, 4.69) is 25.5 Å². The van der Waals surface area contributed by atoms with Crippen LogP contribution in [0.5, 0.6) is 0 Å². The standard InChI is InChI=1S/C20H24N8/c1-27-20-16(13-23-27)18(21-8-5-11-28-9-2-3-10-28)24-19(25-20)14-6-4-7-17-15(14)12-22-26-17/h4,6-7,12-13H,2-3,5,8-11H2,1H3,(H,22,26)(H,21,24,25). The van der Waals surface area contributed by atoms with E-state index in [1.54, 1.807) is 4.68 Å². The Bertz CT molecular complexity index is 1110. The highest BCUT2D eigenvalue weighted by molar-refractivity contribution is 5.95. The van der Waals surface area contributed by atoms with Gasteiger partial charge in [-0.15, -0.1) is 0 Å². The van der Waals surface area contributed by atoms with E-state index < -0.39 is 0 Å². The first kappa shape index (κ1) is 17.1. The van der Waals surface area contributed by atoms with Crippen LogP contribution in [0.15, 0.2) is 30.6 Å². The maximum Gasteiger partial charge on any atom is 0.164 e. The second-order valence-electron chi connectivity index (χ2n) is 7.37. The first-order chi connectivity index (χ1) is 13.8. The quantitative estimate of drug-likeness (QED) is 0.503. The predicted molar refractivity (Wildman–Crippen MR) is 110 cm³/mol. The molecule has 0 amide bonds. The van der Waals surface area contributed by atoms with Crippen molar-refractivity contribution in [2.75, 3.05) is 31.5 Å². The number of nitrogens with zero attached hydrogens (tertiary/aromatic N) is 6. The summed E-state index contributed by atoms with van der Waals surface area (Å²) >= 11 is 0. The summed E-state index contributed by atoms with van der Waals surface area (Å²) in [4.78, 5) is 12.2. The molecule has 28 heavy (non-hydrogen) atoms. The molecule has 4 heterocycles. The smallest absolute Gasteiger partial charge is 0.164 e. The Hall–Kier alpha value is -3.00. The minimum Gasteiger partial charge on any atom is -0.369 e. The molecule has 2 N–H and O–H groups in total. The molecule has 0 aliphatic carbocycles. The van der Waals surface area contributed by atoms with Crippen molar-refractivity contribution in [1.29, 1.82) is 0 Å². The Morgan fingerprint density at radius 1 is 1.11 bits per heavy atom. The van der Waals surface area contributed by atoms with Crippen LogP contribution in [-0.2, 0) is 7.05 Å². The third-order valence-electron chi connectivity index (χ3n) is 5.46. The van der Waals surface area contributed by atoms with Gasteiger partial charge in [-0.05, 0) is 45.0 Å². The average molecular weight is 376 g/mol. The Morgan fingerprint density at radius 2 is 2.00 bits per heavy atom. The van der Waals surface area contributed by atoms with Gasteiger partial charge in [0.1, 0.15) is 5.82 Å². The minimum absolute atomic E-state index is 0.685. The molecule has 5 rings (SSSR count). The lowest BCUT2D eigenvalue weighted by molar-refractivity contribution is 0.337. The summed E-state index contributed by atoms with van der Waals surface area (Å²) in [6, 6.07) is 6.04. The molecule has 0 spiro atoms. The van der Waals surface area contributed by atoms with Crippen LogP contribution in [0, 0.1) is 0 Å². The van der Waals surface area contributed by atoms with Gasteiger partial charge in [-0.2, -0.15) is 10.2 Å². The third-order valence-corrected chi connectivity index (χ3v) is 5.46. The number of anilines is 1. The fraction of sp³-hybridized carbons (Fsp3) is 0.400. The molecule has 8 nitrogen and oxygen atoms in total. The first-order valence-corrected chi connectivity index (χ1v) is 9.88. The van der Waals surface area contributed by atoms with Crippen molar-refractivity contribution in [1.82, 2.24) is 34.8 Å². The van der Waals surface area contributed by atoms with Crippen LogP contribution in [0.25, 0.3) is 33.3 Å². The van der Waals surface area contributed by atoms with Crippen LogP contribution in [0.1, 0.15) is 19.3 Å². The van der Waals surface area contributed by atoms with Gasteiger partial charge >= 0.3 is 0 Å². The van der Waals surface area contributed by atoms with E-state index in [1.807, 2.05) is 37.6 Å². The highest BCUT2D eigenvalue weighted by Gasteiger charge is 2.15. The number of aryl methyl sites for hydroxylation is 1. The number of nitrogens with one attached hydrogen (secondary N) is 2. The van der Waals surface area contributed by atoms with E-state index in [0.29, 0.717) is 5.82 Å². The van der Waals surface area contributed by atoms with Crippen molar-refractivity contribution in [3.63, 3.8) is 0 Å². The van der Waals surface area contributed by atoms with Crippen molar-refractivity contribution < 1.29 is 0 Å². The van der Waals surface area contributed by atoms with Crippen molar-refractivity contribution in [2.24, 2.45) is 7.05 Å². The Balaban J connectivity index is 1.45. The van der Waals surface area contributed by atoms with Gasteiger partial charge in [0, 0.05) is 24.5 Å². The van der Waals surface area contributed by atoms with Gasteiger partial charge in [-0.25, -0.2) is 9.97 Å². The van der Waals surface area contributed by atoms with E-state index in [0.717, 1.165) is 52.8 Å². The molecule has 1 aliphatic heterocycles. The largest absolute Gasteiger partial charge is 0.369 e. The molecule has 1 aromatic carbocycles. The summed E-state index contributed by atoms with van der Waals surface area (Å²) < 4.78 is 1.80. The van der Waals surface area contributed by atoms with Gasteiger partial charge < -0.3 is 10.2 Å². The lowest BCUT2D eigenvalue weighted by atomic mass is 10.1. The highest BCUT2D eigenvalue weighted by atomic mass is 15.3. The molecule has 0 bridgehead atoms. The lowest BCUT2D eigenvalue weighted by Gasteiger charge is -2.15. The second kappa shape index (κ2) is 7.20. The van der Waals surface area contributed by atoms with Crippen LogP contribution in [0.3, 0.4) is 0 Å². The van der Waals surface area contributed by atoms with Crippen molar-refractivity contribution >= 4 is 27.8 Å². The molecule has 0 unspecified atom stereocenters. The zero-order chi connectivity index (χ0) is 18.9. The Morgan fingerprint density at radius 3 is 2.89 bits per heavy atom. The maximum atomic E-state index is 4.85. The first-order valence-electron chi connectivity index (χ1n) is 9.88. The summed E-state index contributed by atoms with van der Waals surface area (Å²) in [7, 11) is 1.91. The number of aromatic nitrogens is 6. The summed E-state index contributed by atoms with van der Waals surface area (Å²) in [5.74, 6) is 1.53. The number of fused-ring (bicyclic) bond motifs is 2. The number of hydrogen-bond donors (Lipinski definition) is 2. The van der Waals surface area contributed by atoms with Crippen LogP contribution >= 0.6 is 0 Å². The van der Waals surface area contributed by atoms with Crippen molar-refractivity contribution in [3.05, 3.63) is 30.6 Å². The van der Waals surface area contributed by atoms with Crippen LogP contribution < -0.4 is 5.32 Å². The SMILES string of the molecule is Cn1ncc2c(NCCCN3CCCC3)nc(-c3cccc4[nH]ncc34)nc21. The fourth-order valence-corrected chi connectivity index (χ4v) is 3.96. The molecular weight excluding hydrogens is 352 g/mol. The average Bonchev–Trinajstić information content (AvgIpc) is 3.46. The summed E-state index contributed by atoms with van der Waals surface area (Å²) in [5.41, 5.74) is 2.77. The number of rotatable bonds is 6. The Labute approximate surface area is 163 Å². The zero-order valence-corrected chi connectivity index (χ0v) is 16.0. The van der Waals surface area contributed by atoms with Gasteiger partial charge in [0.2, 0.25) is 0 Å². The van der Waals surface area contributed by atoms with Gasteiger partial charge in [0.25, 0.3) is 0 Å². The monoisotopic (exact) mass is 376 g/mol. The van der Waals surface area contributed by atoms with E-state index in [-0.39, 0.29) is 0 Å². The van der Waals surface area contributed by atoms with E-state index >= 15 is 0 Å². The zero-order valence-electron chi connectivity index (χ0n) is 16.0. The molecule has 1 aliphatic rings. The highest BCUT2D eigenvalue weighted by Crippen LogP contribution is 2.29. The maximum absolute atomic E-state index is 4.85. The molecule has 0 atom stereocenters. The molecule has 0 radical (unpaired) electrons. The molecule has 4 aromatic rings. The van der Waals surface area contributed by atoms with Crippen LogP contribution in [0.2, 0.25) is 0 Å². The molecule has 3 aromatic heterocycles. The summed E-state index contributed by atoms with van der Waals surface area (Å²) in [5, 5.41) is 17.0. The number of aromatic amines is 1. The molecular formula is C20H24N8. The topological polar surface area (TPSA) is 87.5 Å². The Kier molecular flexibility index (Phi) is 4.40. The van der Waals surface area contributed by atoms with Crippen LogP contribution in [0.4, 0.5) is 5.82 Å². The lowest BCUT2D eigenvalue weighted by Crippen LogP contribution is -2.22. The second-order valence-corrected chi connectivity index (χ2v) is 7.37. The number of hydrogen-bond acceptors (Lipinski definition) is 6. The number of H-pyrrole nitrogens is 1.